The molecule has 0 spiro atoms. The Balaban J connectivity index is 1.53. The van der Waals surface area contributed by atoms with Crippen LogP contribution < -0.4 is 0 Å². The Kier molecular flexibility index (Phi) is 5.57. The molecule has 0 radical (unpaired) electrons. The predicted molar refractivity (Wildman–Crippen MR) is 108 cm³/mol. The summed E-state index contributed by atoms with van der Waals surface area (Å²) < 4.78 is 73.6. The molecule has 4 fully saturated rings. The lowest BCUT2D eigenvalue weighted by Crippen LogP contribution is -2.54. The van der Waals surface area contributed by atoms with Crippen LogP contribution >= 0.6 is 0 Å². The molecule has 30 heavy (non-hydrogen) atoms. The van der Waals surface area contributed by atoms with Crippen molar-refractivity contribution in [2.45, 2.75) is 76.4 Å². The van der Waals surface area contributed by atoms with Gasteiger partial charge in [0.2, 0.25) is 0 Å². The summed E-state index contributed by atoms with van der Waals surface area (Å²) in [4.78, 5) is 0. The molecule has 4 saturated carbocycles. The summed E-state index contributed by atoms with van der Waals surface area (Å²) in [6.07, 6.45) is 12.1. The maximum Gasteiger partial charge on any atom is 0.398 e. The zero-order valence-electron chi connectivity index (χ0n) is 17.1. The first-order chi connectivity index (χ1) is 13.9. The fourth-order valence-corrected chi connectivity index (χ4v) is 8.85. The van der Waals surface area contributed by atoms with E-state index in [1.54, 1.807) is 0 Å². The average Bonchev–Trinajstić information content (AvgIpc) is 2.91. The van der Waals surface area contributed by atoms with E-state index in [9.17, 15) is 21.4 Å². The van der Waals surface area contributed by atoms with Gasteiger partial charge >= 0.3 is 20.8 Å². The maximum absolute atomic E-state index is 11.5. The third kappa shape index (κ3) is 3.82. The Bertz CT molecular complexity index is 938. The Hall–Kier alpha value is -0.700. The van der Waals surface area contributed by atoms with Gasteiger partial charge in [-0.2, -0.15) is 16.8 Å². The molecule has 0 aromatic heterocycles. The molecule has 0 bridgehead atoms. The van der Waals surface area contributed by atoms with Crippen LogP contribution in [0.25, 0.3) is 0 Å². The lowest BCUT2D eigenvalue weighted by Gasteiger charge is -2.57. The molecule has 8 atom stereocenters. The summed E-state index contributed by atoms with van der Waals surface area (Å²) in [5, 5.41) is 0. The lowest BCUT2D eigenvalue weighted by molar-refractivity contribution is -0.102. The summed E-state index contributed by atoms with van der Waals surface area (Å²) in [5.41, 5.74) is -1.83. The van der Waals surface area contributed by atoms with Crippen molar-refractivity contribution in [2.75, 3.05) is 0 Å². The highest BCUT2D eigenvalue weighted by atomic mass is 32.3. The van der Waals surface area contributed by atoms with Gasteiger partial charge in [-0.3, -0.25) is 9.11 Å². The van der Waals surface area contributed by atoms with Crippen LogP contribution in [0.15, 0.2) is 0 Å². The van der Waals surface area contributed by atoms with Crippen LogP contribution in [-0.2, 0) is 29.2 Å². The Morgan fingerprint density at radius 2 is 1.60 bits per heavy atom. The second kappa shape index (κ2) is 7.42. The second-order valence-corrected chi connectivity index (χ2v) is 11.9. The molecule has 2 N–H and O–H groups in total. The van der Waals surface area contributed by atoms with Crippen LogP contribution in [0, 0.1) is 47.3 Å². The molecule has 0 aliphatic heterocycles. The molecule has 4 aliphatic carbocycles. The highest BCUT2D eigenvalue weighted by molar-refractivity contribution is 7.81. The van der Waals surface area contributed by atoms with Gasteiger partial charge in [-0.05, 0) is 87.4 Å². The molecule has 8 nitrogen and oxygen atoms in total. The first-order valence-electron chi connectivity index (χ1n) is 10.7. The molecule has 4 aliphatic rings. The smallest absolute Gasteiger partial charge is 0.264 e. The van der Waals surface area contributed by atoms with E-state index in [-0.39, 0.29) is 5.92 Å². The minimum atomic E-state index is -4.66. The predicted octanol–water partition coefficient (Wildman–Crippen LogP) is 3.02. The van der Waals surface area contributed by atoms with E-state index in [1.165, 1.54) is 0 Å². The SMILES string of the molecule is C#C[C@]1(OS(=O)(=O)O)CC[C@H]2[C@@H]3CC[C@@H]4C[C@@H](OS(=O)(=O)O)CC[C@@H]4[C@H]3CC[C@@]21C. The lowest BCUT2D eigenvalue weighted by atomic mass is 9.49. The topological polar surface area (TPSA) is 127 Å². The molecule has 0 unspecified atom stereocenters. The largest absolute Gasteiger partial charge is 0.398 e. The van der Waals surface area contributed by atoms with Crippen LogP contribution in [0.5, 0.6) is 0 Å². The molecule has 0 aromatic rings. The fraction of sp³-hybridized carbons (Fsp3) is 0.900. The Morgan fingerprint density at radius 1 is 0.900 bits per heavy atom. The summed E-state index contributed by atoms with van der Waals surface area (Å²) in [6.45, 7) is 2.01. The van der Waals surface area contributed by atoms with Crippen LogP contribution in [0.2, 0.25) is 0 Å². The van der Waals surface area contributed by atoms with Crippen molar-refractivity contribution in [1.82, 2.24) is 0 Å². The van der Waals surface area contributed by atoms with E-state index in [2.05, 4.69) is 5.92 Å². The van der Waals surface area contributed by atoms with Gasteiger partial charge in [0.25, 0.3) is 0 Å². The zero-order valence-corrected chi connectivity index (χ0v) is 18.7. The van der Waals surface area contributed by atoms with Crippen LogP contribution in [-0.4, -0.2) is 37.6 Å². The van der Waals surface area contributed by atoms with Gasteiger partial charge in [0.05, 0.1) is 6.10 Å². The van der Waals surface area contributed by atoms with Crippen molar-refractivity contribution < 1.29 is 34.3 Å². The number of terminal acetylenes is 1. The molecule has 0 saturated heterocycles. The molecule has 0 aromatic carbocycles. The standard InChI is InChI=1S/C20H30O8S2/c1-3-20(28-30(24,25)26)11-9-18-17-6-4-13-12-14(27-29(21,22)23)5-7-15(13)16(17)8-10-19(18,20)2/h1,13-18H,4-12H2,2H3,(H,21,22,23)(H,24,25,26)/t13-,14+,15+,16-,17-,18+,19+,20+/m1/s1. The first kappa shape index (κ1) is 22.5. The van der Waals surface area contributed by atoms with Gasteiger partial charge in [0.1, 0.15) is 0 Å². The van der Waals surface area contributed by atoms with E-state index in [0.717, 1.165) is 38.5 Å². The van der Waals surface area contributed by atoms with E-state index >= 15 is 0 Å². The van der Waals surface area contributed by atoms with Crippen molar-refractivity contribution in [3.8, 4) is 12.3 Å². The summed E-state index contributed by atoms with van der Waals surface area (Å²) in [7, 11) is -9.10. The van der Waals surface area contributed by atoms with Crippen LogP contribution in [0.4, 0.5) is 0 Å². The van der Waals surface area contributed by atoms with Gasteiger partial charge in [0.15, 0.2) is 5.60 Å². The van der Waals surface area contributed by atoms with Crippen LogP contribution in [0.3, 0.4) is 0 Å². The quantitative estimate of drug-likeness (QED) is 0.482. The fourth-order valence-electron chi connectivity index (χ4n) is 7.65. The Labute approximate surface area is 179 Å². The molecular formula is C20H30O8S2. The molecule has 4 rings (SSSR count). The van der Waals surface area contributed by atoms with E-state index < -0.39 is 37.9 Å². The summed E-state index contributed by atoms with van der Waals surface area (Å²) in [6, 6.07) is 0. The molecular weight excluding hydrogens is 432 g/mol. The number of fused-ring (bicyclic) bond motifs is 5. The Morgan fingerprint density at radius 3 is 2.23 bits per heavy atom. The molecule has 0 heterocycles. The van der Waals surface area contributed by atoms with Crippen molar-refractivity contribution in [2.24, 2.45) is 35.0 Å². The minimum absolute atomic E-state index is 0.224. The average molecular weight is 463 g/mol. The highest BCUT2D eigenvalue weighted by Gasteiger charge is 2.65. The zero-order chi connectivity index (χ0) is 21.9. The van der Waals surface area contributed by atoms with Crippen molar-refractivity contribution in [3.05, 3.63) is 0 Å². The van der Waals surface area contributed by atoms with Gasteiger partial charge in [-0.15, -0.1) is 6.42 Å². The second-order valence-electron chi connectivity index (χ2n) is 9.87. The van der Waals surface area contributed by atoms with Crippen molar-refractivity contribution in [3.63, 3.8) is 0 Å². The van der Waals surface area contributed by atoms with E-state index in [0.29, 0.717) is 42.9 Å². The molecule has 170 valence electrons. The highest BCUT2D eigenvalue weighted by Crippen LogP contribution is 2.66. The molecule has 10 heteroatoms. The van der Waals surface area contributed by atoms with Gasteiger partial charge in [-0.25, -0.2) is 8.37 Å². The summed E-state index contributed by atoms with van der Waals surface area (Å²) >= 11 is 0. The minimum Gasteiger partial charge on any atom is -0.264 e. The van der Waals surface area contributed by atoms with Crippen LogP contribution in [0.1, 0.15) is 64.7 Å². The summed E-state index contributed by atoms with van der Waals surface area (Å²) in [5.74, 6) is 4.54. The van der Waals surface area contributed by atoms with E-state index in [4.69, 9.17) is 19.3 Å². The normalized spacial score (nSPS) is 46.3. The van der Waals surface area contributed by atoms with Gasteiger partial charge in [-0.1, -0.05) is 12.8 Å². The van der Waals surface area contributed by atoms with Gasteiger partial charge < -0.3 is 0 Å². The van der Waals surface area contributed by atoms with Crippen molar-refractivity contribution in [1.29, 1.82) is 0 Å². The van der Waals surface area contributed by atoms with E-state index in [1.807, 2.05) is 6.92 Å². The number of hydrogen-bond acceptors (Lipinski definition) is 6. The van der Waals surface area contributed by atoms with Crippen molar-refractivity contribution >= 4 is 20.8 Å². The number of hydrogen-bond donors (Lipinski definition) is 2. The van der Waals surface area contributed by atoms with Gasteiger partial charge in [0, 0.05) is 5.41 Å². The molecule has 0 amide bonds. The third-order valence-corrected chi connectivity index (χ3v) is 9.77. The monoisotopic (exact) mass is 462 g/mol. The number of rotatable bonds is 4. The first-order valence-corrected chi connectivity index (χ1v) is 13.4. The maximum atomic E-state index is 11.5. The third-order valence-electron chi connectivity index (χ3n) is 8.76.